The topological polar surface area (TPSA) is 3.24 Å². The van der Waals surface area contributed by atoms with Gasteiger partial charge in [0.25, 0.3) is 0 Å². The molecule has 0 aromatic heterocycles. The van der Waals surface area contributed by atoms with Gasteiger partial charge in [-0.2, -0.15) is 0 Å². The van der Waals surface area contributed by atoms with E-state index in [0.29, 0.717) is 0 Å². The summed E-state index contributed by atoms with van der Waals surface area (Å²) in [5.74, 6) is 0. The quantitative estimate of drug-likeness (QED) is 0.408. The highest BCUT2D eigenvalue weighted by atomic mass is 15.1. The van der Waals surface area contributed by atoms with Gasteiger partial charge in [-0.15, -0.1) is 6.58 Å². The summed E-state index contributed by atoms with van der Waals surface area (Å²) in [6.07, 6.45) is 1.75. The van der Waals surface area contributed by atoms with E-state index in [1.165, 1.54) is 39.3 Å². The number of nitrogens with zero attached hydrogens (tertiary/aromatic N) is 1. The minimum absolute atomic E-state index is 0.148. The molecule has 3 aromatic carbocycles. The van der Waals surface area contributed by atoms with E-state index < -0.39 is 0 Å². The SMILES string of the molecule is C=CC.Cc1ccc(N(c2ccccc2)c2c(C)cc(C(C)(C)C)cc2C)cc1. The van der Waals surface area contributed by atoms with E-state index in [2.05, 4.69) is 120 Å². The Bertz CT molecular complexity index is 905. The number of hydrogen-bond acceptors (Lipinski definition) is 1. The molecule has 0 bridgehead atoms. The van der Waals surface area contributed by atoms with E-state index in [4.69, 9.17) is 0 Å². The van der Waals surface area contributed by atoms with Crippen molar-refractivity contribution in [2.75, 3.05) is 4.90 Å². The average molecular weight is 386 g/mol. The van der Waals surface area contributed by atoms with Gasteiger partial charge in [0.1, 0.15) is 0 Å². The third-order valence-electron chi connectivity index (χ3n) is 4.89. The van der Waals surface area contributed by atoms with Crippen molar-refractivity contribution in [2.24, 2.45) is 0 Å². The third kappa shape index (κ3) is 5.60. The van der Waals surface area contributed by atoms with E-state index in [1.54, 1.807) is 6.08 Å². The lowest BCUT2D eigenvalue weighted by molar-refractivity contribution is 0.589. The van der Waals surface area contributed by atoms with E-state index in [1.807, 2.05) is 6.92 Å². The van der Waals surface area contributed by atoms with Crippen LogP contribution in [-0.2, 0) is 5.41 Å². The highest BCUT2D eigenvalue weighted by molar-refractivity contribution is 5.80. The maximum Gasteiger partial charge on any atom is 0.0520 e. The molecule has 0 heterocycles. The molecule has 0 atom stereocenters. The largest absolute Gasteiger partial charge is 0.310 e. The van der Waals surface area contributed by atoms with Gasteiger partial charge in [-0.25, -0.2) is 0 Å². The molecule has 0 spiro atoms. The van der Waals surface area contributed by atoms with Crippen LogP contribution in [0.3, 0.4) is 0 Å². The highest BCUT2D eigenvalue weighted by Crippen LogP contribution is 2.40. The van der Waals surface area contributed by atoms with Crippen LogP contribution in [0.5, 0.6) is 0 Å². The van der Waals surface area contributed by atoms with Gasteiger partial charge in [-0.1, -0.05) is 74.9 Å². The number of anilines is 3. The first-order valence-electron chi connectivity index (χ1n) is 10.3. The number of aryl methyl sites for hydroxylation is 3. The lowest BCUT2D eigenvalue weighted by Crippen LogP contribution is -2.16. The molecular weight excluding hydrogens is 350 g/mol. The third-order valence-corrected chi connectivity index (χ3v) is 4.89. The van der Waals surface area contributed by atoms with Crippen LogP contribution in [0.4, 0.5) is 17.1 Å². The minimum atomic E-state index is 0.148. The Morgan fingerprint density at radius 1 is 0.759 bits per heavy atom. The Balaban J connectivity index is 0.000000941. The number of hydrogen-bond donors (Lipinski definition) is 0. The van der Waals surface area contributed by atoms with Crippen molar-refractivity contribution in [1.82, 2.24) is 0 Å². The molecular formula is C28H35N. The Kier molecular flexibility index (Phi) is 7.45. The van der Waals surface area contributed by atoms with Crippen molar-refractivity contribution >= 4 is 17.1 Å². The van der Waals surface area contributed by atoms with Gasteiger partial charge in [0.15, 0.2) is 0 Å². The van der Waals surface area contributed by atoms with E-state index in [0.717, 1.165) is 0 Å². The van der Waals surface area contributed by atoms with E-state index in [-0.39, 0.29) is 5.41 Å². The van der Waals surface area contributed by atoms with Crippen LogP contribution >= 0.6 is 0 Å². The number of para-hydroxylation sites is 1. The molecule has 0 saturated carbocycles. The van der Waals surface area contributed by atoms with Gasteiger partial charge in [-0.05, 0) is 74.1 Å². The highest BCUT2D eigenvalue weighted by Gasteiger charge is 2.20. The molecule has 0 radical (unpaired) electrons. The summed E-state index contributed by atoms with van der Waals surface area (Å²) >= 11 is 0. The fourth-order valence-electron chi connectivity index (χ4n) is 3.42. The fraction of sp³-hybridized carbons (Fsp3) is 0.286. The van der Waals surface area contributed by atoms with Gasteiger partial charge in [0, 0.05) is 11.4 Å². The van der Waals surface area contributed by atoms with Crippen LogP contribution in [0.2, 0.25) is 0 Å². The zero-order chi connectivity index (χ0) is 21.6. The van der Waals surface area contributed by atoms with Crippen molar-refractivity contribution in [3.05, 3.63) is 102 Å². The van der Waals surface area contributed by atoms with Crippen LogP contribution < -0.4 is 4.90 Å². The predicted molar refractivity (Wildman–Crippen MR) is 130 cm³/mol. The summed E-state index contributed by atoms with van der Waals surface area (Å²) in [4.78, 5) is 2.37. The smallest absolute Gasteiger partial charge is 0.0520 e. The van der Waals surface area contributed by atoms with E-state index >= 15 is 0 Å². The molecule has 0 N–H and O–H groups in total. The summed E-state index contributed by atoms with van der Waals surface area (Å²) in [6, 6.07) is 24.1. The zero-order valence-electron chi connectivity index (χ0n) is 19.1. The molecule has 3 rings (SSSR count). The molecule has 0 aliphatic rings. The number of allylic oxidation sites excluding steroid dienone is 1. The molecule has 0 saturated heterocycles. The normalized spacial score (nSPS) is 10.7. The summed E-state index contributed by atoms with van der Waals surface area (Å²) in [5.41, 5.74) is 9.07. The van der Waals surface area contributed by atoms with Crippen LogP contribution in [-0.4, -0.2) is 0 Å². The van der Waals surface area contributed by atoms with Crippen molar-refractivity contribution < 1.29 is 0 Å². The number of benzene rings is 3. The van der Waals surface area contributed by atoms with Crippen molar-refractivity contribution in [3.8, 4) is 0 Å². The van der Waals surface area contributed by atoms with Gasteiger partial charge in [0.2, 0.25) is 0 Å². The van der Waals surface area contributed by atoms with Crippen molar-refractivity contribution in [3.63, 3.8) is 0 Å². The standard InChI is InChI=1S/C25H29N.C3H6/c1-18-12-14-23(15-13-18)26(22-10-8-7-9-11-22)24-19(2)16-21(17-20(24)3)25(4,5)6;1-3-2/h7-17H,1-6H3;3H,1H2,2H3. The first-order valence-corrected chi connectivity index (χ1v) is 10.3. The Hall–Kier alpha value is -2.80. The van der Waals surface area contributed by atoms with Crippen LogP contribution in [0.1, 0.15) is 49.9 Å². The predicted octanol–water partition coefficient (Wildman–Crippen LogP) is 8.57. The molecule has 3 aromatic rings. The molecule has 1 heteroatoms. The average Bonchev–Trinajstić information content (AvgIpc) is 2.66. The van der Waals surface area contributed by atoms with Crippen LogP contribution in [0.25, 0.3) is 0 Å². The van der Waals surface area contributed by atoms with E-state index in [9.17, 15) is 0 Å². The van der Waals surface area contributed by atoms with Gasteiger partial charge in [0.05, 0.1) is 5.69 Å². The lowest BCUT2D eigenvalue weighted by Gasteiger charge is -2.30. The minimum Gasteiger partial charge on any atom is -0.310 e. The number of rotatable bonds is 3. The molecule has 29 heavy (non-hydrogen) atoms. The molecule has 0 fully saturated rings. The lowest BCUT2D eigenvalue weighted by atomic mass is 9.84. The molecule has 0 unspecified atom stereocenters. The molecule has 0 aliphatic heterocycles. The first kappa shape index (κ1) is 22.5. The van der Waals surface area contributed by atoms with Crippen LogP contribution in [0.15, 0.2) is 79.4 Å². The second-order valence-corrected chi connectivity index (χ2v) is 8.62. The Morgan fingerprint density at radius 3 is 1.66 bits per heavy atom. The second-order valence-electron chi connectivity index (χ2n) is 8.62. The van der Waals surface area contributed by atoms with Gasteiger partial charge < -0.3 is 4.90 Å². The molecule has 152 valence electrons. The molecule has 1 nitrogen and oxygen atoms in total. The Morgan fingerprint density at radius 2 is 1.21 bits per heavy atom. The summed E-state index contributed by atoms with van der Waals surface area (Å²) in [7, 11) is 0. The van der Waals surface area contributed by atoms with Crippen molar-refractivity contribution in [2.45, 2.75) is 53.9 Å². The van der Waals surface area contributed by atoms with Gasteiger partial charge >= 0.3 is 0 Å². The summed E-state index contributed by atoms with van der Waals surface area (Å²) < 4.78 is 0. The van der Waals surface area contributed by atoms with Crippen molar-refractivity contribution in [1.29, 1.82) is 0 Å². The molecule has 0 amide bonds. The molecule has 0 aliphatic carbocycles. The second kappa shape index (κ2) is 9.60. The fourth-order valence-corrected chi connectivity index (χ4v) is 3.42. The zero-order valence-corrected chi connectivity index (χ0v) is 19.1. The maximum atomic E-state index is 3.36. The maximum absolute atomic E-state index is 3.36. The van der Waals surface area contributed by atoms with Gasteiger partial charge in [-0.3, -0.25) is 0 Å². The summed E-state index contributed by atoms with van der Waals surface area (Å²) in [5, 5.41) is 0. The Labute approximate surface area is 177 Å². The summed E-state index contributed by atoms with van der Waals surface area (Å²) in [6.45, 7) is 18.6. The monoisotopic (exact) mass is 385 g/mol. The first-order chi connectivity index (χ1) is 13.7. The van der Waals surface area contributed by atoms with Crippen LogP contribution in [0, 0.1) is 20.8 Å².